The van der Waals surface area contributed by atoms with Gasteiger partial charge in [-0.05, 0) is 58.8 Å². The molecular formula is C16H30O3. The van der Waals surface area contributed by atoms with Gasteiger partial charge in [0.05, 0.1) is 5.60 Å². The van der Waals surface area contributed by atoms with Crippen LogP contribution in [0.4, 0.5) is 0 Å². The molecule has 0 aliphatic heterocycles. The van der Waals surface area contributed by atoms with Crippen LogP contribution in [0.2, 0.25) is 0 Å². The lowest BCUT2D eigenvalue weighted by molar-refractivity contribution is -0.151. The van der Waals surface area contributed by atoms with E-state index in [0.29, 0.717) is 13.0 Å². The Hall–Kier alpha value is -0.410. The molecule has 0 aromatic carbocycles. The Labute approximate surface area is 118 Å². The van der Waals surface area contributed by atoms with Crippen LogP contribution in [0.5, 0.6) is 0 Å². The number of hydrogen-bond acceptors (Lipinski definition) is 3. The second-order valence-corrected chi connectivity index (χ2v) is 6.50. The van der Waals surface area contributed by atoms with Crippen molar-refractivity contribution in [2.24, 2.45) is 5.92 Å². The molecule has 1 aliphatic carbocycles. The van der Waals surface area contributed by atoms with Crippen LogP contribution in [0.1, 0.15) is 66.2 Å². The highest BCUT2D eigenvalue weighted by molar-refractivity contribution is 5.87. The average molecular weight is 270 g/mol. The molecule has 1 aliphatic rings. The minimum Gasteiger partial charge on any atom is -0.379 e. The van der Waals surface area contributed by atoms with Gasteiger partial charge in [0.15, 0.2) is 5.78 Å². The second-order valence-electron chi connectivity index (χ2n) is 6.50. The SMILES string of the molecule is CCOC1(C(=O)CCC(C)(C)OC)CCC(C)CC1. The summed E-state index contributed by atoms with van der Waals surface area (Å²) in [6.07, 6.45) is 5.27. The average Bonchev–Trinajstić information content (AvgIpc) is 2.39. The van der Waals surface area contributed by atoms with Crippen molar-refractivity contribution in [3.05, 3.63) is 0 Å². The lowest BCUT2D eigenvalue weighted by Gasteiger charge is -2.38. The highest BCUT2D eigenvalue weighted by Gasteiger charge is 2.41. The Morgan fingerprint density at radius 2 is 1.89 bits per heavy atom. The van der Waals surface area contributed by atoms with Gasteiger partial charge in [-0.15, -0.1) is 0 Å². The minimum atomic E-state index is -0.509. The monoisotopic (exact) mass is 270 g/mol. The van der Waals surface area contributed by atoms with Gasteiger partial charge in [0.1, 0.15) is 5.60 Å². The van der Waals surface area contributed by atoms with Gasteiger partial charge in [-0.25, -0.2) is 0 Å². The van der Waals surface area contributed by atoms with Crippen molar-refractivity contribution >= 4 is 5.78 Å². The summed E-state index contributed by atoms with van der Waals surface area (Å²) in [5, 5.41) is 0. The summed E-state index contributed by atoms with van der Waals surface area (Å²) >= 11 is 0. The molecule has 0 spiro atoms. The minimum absolute atomic E-state index is 0.231. The molecule has 0 heterocycles. The van der Waals surface area contributed by atoms with Gasteiger partial charge >= 0.3 is 0 Å². The number of ketones is 1. The Morgan fingerprint density at radius 3 is 2.37 bits per heavy atom. The highest BCUT2D eigenvalue weighted by atomic mass is 16.5. The van der Waals surface area contributed by atoms with Crippen LogP contribution in [0, 0.1) is 5.92 Å². The highest BCUT2D eigenvalue weighted by Crippen LogP contribution is 2.37. The lowest BCUT2D eigenvalue weighted by Crippen LogP contribution is -2.45. The first-order chi connectivity index (χ1) is 8.85. The van der Waals surface area contributed by atoms with Crippen molar-refractivity contribution in [2.75, 3.05) is 13.7 Å². The largest absolute Gasteiger partial charge is 0.379 e. The Kier molecular flexibility index (Phi) is 6.00. The first-order valence-corrected chi connectivity index (χ1v) is 7.57. The van der Waals surface area contributed by atoms with Crippen LogP contribution >= 0.6 is 0 Å². The molecule has 0 amide bonds. The maximum Gasteiger partial charge on any atom is 0.164 e. The van der Waals surface area contributed by atoms with Crippen molar-refractivity contribution in [2.45, 2.75) is 77.4 Å². The molecule has 0 N–H and O–H groups in total. The summed E-state index contributed by atoms with van der Waals surface area (Å²) < 4.78 is 11.3. The van der Waals surface area contributed by atoms with Crippen molar-refractivity contribution in [3.63, 3.8) is 0 Å². The molecular weight excluding hydrogens is 240 g/mol. The van der Waals surface area contributed by atoms with E-state index in [4.69, 9.17) is 9.47 Å². The third-order valence-electron chi connectivity index (χ3n) is 4.52. The molecule has 0 saturated heterocycles. The van der Waals surface area contributed by atoms with Gasteiger partial charge in [-0.1, -0.05) is 6.92 Å². The predicted molar refractivity (Wildman–Crippen MR) is 77.3 cm³/mol. The van der Waals surface area contributed by atoms with E-state index in [-0.39, 0.29) is 11.4 Å². The molecule has 0 bridgehead atoms. The molecule has 112 valence electrons. The number of rotatable bonds is 7. The van der Waals surface area contributed by atoms with Crippen LogP contribution in [0.25, 0.3) is 0 Å². The van der Waals surface area contributed by atoms with Crippen LogP contribution in [0.3, 0.4) is 0 Å². The third-order valence-corrected chi connectivity index (χ3v) is 4.52. The van der Waals surface area contributed by atoms with Gasteiger partial charge in [0, 0.05) is 20.1 Å². The number of carbonyl (C=O) groups is 1. The van der Waals surface area contributed by atoms with Crippen molar-refractivity contribution in [3.8, 4) is 0 Å². The zero-order valence-electron chi connectivity index (χ0n) is 13.3. The quantitative estimate of drug-likeness (QED) is 0.707. The van der Waals surface area contributed by atoms with Crippen LogP contribution in [-0.4, -0.2) is 30.7 Å². The van der Waals surface area contributed by atoms with Crippen LogP contribution in [0.15, 0.2) is 0 Å². The molecule has 0 unspecified atom stereocenters. The topological polar surface area (TPSA) is 35.5 Å². The van der Waals surface area contributed by atoms with Gasteiger partial charge in [0.25, 0.3) is 0 Å². The fourth-order valence-corrected chi connectivity index (χ4v) is 2.75. The molecule has 3 nitrogen and oxygen atoms in total. The Morgan fingerprint density at radius 1 is 1.32 bits per heavy atom. The molecule has 0 aromatic heterocycles. The van der Waals surface area contributed by atoms with Crippen molar-refractivity contribution in [1.29, 1.82) is 0 Å². The molecule has 0 atom stereocenters. The summed E-state index contributed by atoms with van der Waals surface area (Å²) in [4.78, 5) is 12.6. The molecule has 0 radical (unpaired) electrons. The van der Waals surface area contributed by atoms with E-state index in [1.54, 1.807) is 7.11 Å². The van der Waals surface area contributed by atoms with Crippen LogP contribution in [-0.2, 0) is 14.3 Å². The Balaban J connectivity index is 2.63. The summed E-state index contributed by atoms with van der Waals surface area (Å²) in [5.74, 6) is 0.989. The number of ether oxygens (including phenoxy) is 2. The molecule has 1 fully saturated rings. The molecule has 0 aromatic rings. The van der Waals surface area contributed by atoms with E-state index in [0.717, 1.165) is 38.0 Å². The Bertz CT molecular complexity index is 288. The fraction of sp³-hybridized carbons (Fsp3) is 0.938. The molecule has 1 saturated carbocycles. The lowest BCUT2D eigenvalue weighted by atomic mass is 9.75. The third kappa shape index (κ3) is 4.57. The van der Waals surface area contributed by atoms with E-state index in [1.165, 1.54) is 0 Å². The zero-order chi connectivity index (χ0) is 14.5. The van der Waals surface area contributed by atoms with E-state index in [1.807, 2.05) is 20.8 Å². The fourth-order valence-electron chi connectivity index (χ4n) is 2.75. The van der Waals surface area contributed by atoms with Crippen molar-refractivity contribution < 1.29 is 14.3 Å². The normalized spacial score (nSPS) is 28.4. The van der Waals surface area contributed by atoms with E-state index < -0.39 is 5.60 Å². The second kappa shape index (κ2) is 6.85. The standard InChI is InChI=1S/C16H30O3/c1-6-19-16(11-7-13(2)8-12-16)14(17)9-10-15(3,4)18-5/h13H,6-12H2,1-5H3. The van der Waals surface area contributed by atoms with E-state index in [2.05, 4.69) is 6.92 Å². The van der Waals surface area contributed by atoms with Gasteiger partial charge in [-0.2, -0.15) is 0 Å². The smallest absolute Gasteiger partial charge is 0.164 e. The summed E-state index contributed by atoms with van der Waals surface area (Å²) in [6.45, 7) is 8.90. The first-order valence-electron chi connectivity index (χ1n) is 7.57. The summed E-state index contributed by atoms with van der Waals surface area (Å²) in [6, 6.07) is 0. The maximum absolute atomic E-state index is 12.6. The van der Waals surface area contributed by atoms with Gasteiger partial charge in [-0.3, -0.25) is 4.79 Å². The number of carbonyl (C=O) groups excluding carboxylic acids is 1. The molecule has 19 heavy (non-hydrogen) atoms. The number of Topliss-reactive ketones (excluding diaryl/α,β-unsaturated/α-hetero) is 1. The summed E-state index contributed by atoms with van der Waals surface area (Å²) in [5.41, 5.74) is -0.740. The van der Waals surface area contributed by atoms with Gasteiger partial charge in [0.2, 0.25) is 0 Å². The van der Waals surface area contributed by atoms with E-state index in [9.17, 15) is 4.79 Å². The zero-order valence-corrected chi connectivity index (χ0v) is 13.3. The maximum atomic E-state index is 12.6. The number of methoxy groups -OCH3 is 1. The predicted octanol–water partition coefficient (Wildman–Crippen LogP) is 3.75. The van der Waals surface area contributed by atoms with E-state index >= 15 is 0 Å². The van der Waals surface area contributed by atoms with Crippen molar-refractivity contribution in [1.82, 2.24) is 0 Å². The van der Waals surface area contributed by atoms with Gasteiger partial charge < -0.3 is 9.47 Å². The summed E-state index contributed by atoms with van der Waals surface area (Å²) in [7, 11) is 1.70. The molecule has 1 rings (SSSR count). The molecule has 3 heteroatoms. The first kappa shape index (κ1) is 16.6. The van der Waals surface area contributed by atoms with Crippen LogP contribution < -0.4 is 0 Å². The number of hydrogen-bond donors (Lipinski definition) is 0.